The van der Waals surface area contributed by atoms with Crippen LogP contribution in [0.4, 0.5) is 0 Å². The van der Waals surface area contributed by atoms with Gasteiger partial charge in [-0.05, 0) is 35.2 Å². The highest BCUT2D eigenvalue weighted by molar-refractivity contribution is 9.10. The Bertz CT molecular complexity index is 425. The number of hydrogen-bond acceptors (Lipinski definition) is 2. The minimum atomic E-state index is -0.121. The van der Waals surface area contributed by atoms with Crippen molar-refractivity contribution in [2.45, 2.75) is 25.3 Å². The van der Waals surface area contributed by atoms with Crippen LogP contribution in [0.5, 0.6) is 0 Å². The highest BCUT2D eigenvalue weighted by atomic mass is 79.9. The number of halogens is 1. The van der Waals surface area contributed by atoms with Gasteiger partial charge in [0, 0.05) is 19.3 Å². The van der Waals surface area contributed by atoms with Gasteiger partial charge in [-0.1, -0.05) is 12.2 Å². The highest BCUT2D eigenvalue weighted by Crippen LogP contribution is 2.15. The molecule has 0 radical (unpaired) electrons. The van der Waals surface area contributed by atoms with E-state index in [4.69, 9.17) is 0 Å². The van der Waals surface area contributed by atoms with Gasteiger partial charge < -0.3 is 5.32 Å². The number of aryl methyl sites for hydroxylation is 1. The molecule has 2 rings (SSSR count). The molecule has 1 aromatic heterocycles. The van der Waals surface area contributed by atoms with Crippen molar-refractivity contribution in [3.63, 3.8) is 0 Å². The predicted molar refractivity (Wildman–Crippen MR) is 65.2 cm³/mol. The zero-order valence-corrected chi connectivity index (χ0v) is 10.7. The summed E-state index contributed by atoms with van der Waals surface area (Å²) in [6, 6.07) is 0.148. The summed E-state index contributed by atoms with van der Waals surface area (Å²) in [5.41, 5.74) is 0.446. The lowest BCUT2D eigenvalue weighted by atomic mass is 10.0. The number of carbonyl (C=O) groups is 1. The van der Waals surface area contributed by atoms with Crippen molar-refractivity contribution in [1.29, 1.82) is 0 Å². The normalized spacial score (nSPS) is 19.8. The van der Waals surface area contributed by atoms with Crippen LogP contribution < -0.4 is 5.32 Å². The van der Waals surface area contributed by atoms with E-state index >= 15 is 0 Å². The van der Waals surface area contributed by atoms with Gasteiger partial charge in [0.25, 0.3) is 5.91 Å². The molecule has 1 aliphatic carbocycles. The van der Waals surface area contributed by atoms with Crippen molar-refractivity contribution in [1.82, 2.24) is 15.1 Å². The Morgan fingerprint density at radius 2 is 2.50 bits per heavy atom. The van der Waals surface area contributed by atoms with Gasteiger partial charge in [-0.3, -0.25) is 9.48 Å². The fraction of sp³-hybridized carbons (Fsp3) is 0.455. The second-order valence-corrected chi connectivity index (χ2v) is 4.79. The van der Waals surface area contributed by atoms with Crippen molar-refractivity contribution in [2.24, 2.45) is 7.05 Å². The summed E-state index contributed by atoms with van der Waals surface area (Å²) in [6.45, 7) is 0. The average Bonchev–Trinajstić information content (AvgIpc) is 2.59. The zero-order chi connectivity index (χ0) is 11.5. The van der Waals surface area contributed by atoms with E-state index in [2.05, 4.69) is 38.5 Å². The number of aromatic nitrogens is 2. The van der Waals surface area contributed by atoms with E-state index in [0.717, 1.165) is 23.7 Å². The lowest BCUT2D eigenvalue weighted by molar-refractivity contribution is 0.0935. The summed E-state index contributed by atoms with van der Waals surface area (Å²) in [5, 5.41) is 7.07. The summed E-state index contributed by atoms with van der Waals surface area (Å²) < 4.78 is 2.35. The first-order chi connectivity index (χ1) is 7.66. The third-order valence-electron chi connectivity index (χ3n) is 2.57. The van der Waals surface area contributed by atoms with Gasteiger partial charge in [0.1, 0.15) is 0 Å². The first-order valence-electron chi connectivity index (χ1n) is 5.33. The van der Waals surface area contributed by atoms with Gasteiger partial charge in [-0.2, -0.15) is 5.10 Å². The summed E-state index contributed by atoms with van der Waals surface area (Å²) in [7, 11) is 1.79. The lowest BCUT2D eigenvalue weighted by Gasteiger charge is -2.17. The molecular weight excluding hydrogens is 270 g/mol. The first-order valence-corrected chi connectivity index (χ1v) is 6.13. The second-order valence-electron chi connectivity index (χ2n) is 3.94. The van der Waals surface area contributed by atoms with Crippen molar-refractivity contribution in [3.05, 3.63) is 28.5 Å². The summed E-state index contributed by atoms with van der Waals surface area (Å²) >= 11 is 3.32. The zero-order valence-electron chi connectivity index (χ0n) is 9.11. The van der Waals surface area contributed by atoms with E-state index in [1.807, 2.05) is 0 Å². The number of hydrogen-bond donors (Lipinski definition) is 1. The highest BCUT2D eigenvalue weighted by Gasteiger charge is 2.17. The van der Waals surface area contributed by atoms with Crippen molar-refractivity contribution in [2.75, 3.05) is 0 Å². The molecule has 86 valence electrons. The van der Waals surface area contributed by atoms with E-state index in [1.54, 1.807) is 17.9 Å². The molecule has 5 heteroatoms. The minimum Gasteiger partial charge on any atom is -0.344 e. The number of carbonyl (C=O) groups excluding carboxylic acids is 1. The van der Waals surface area contributed by atoms with Crippen LogP contribution in [0.2, 0.25) is 0 Å². The number of nitrogens with zero attached hydrogens (tertiary/aromatic N) is 2. The topological polar surface area (TPSA) is 46.9 Å². The van der Waals surface area contributed by atoms with Gasteiger partial charge in [0.2, 0.25) is 0 Å². The van der Waals surface area contributed by atoms with Gasteiger partial charge in [-0.25, -0.2) is 0 Å². The molecular formula is C11H14BrN3O. The first kappa shape index (κ1) is 11.4. The van der Waals surface area contributed by atoms with Crippen LogP contribution in [0, 0.1) is 0 Å². The van der Waals surface area contributed by atoms with Crippen molar-refractivity contribution in [3.8, 4) is 0 Å². The fourth-order valence-electron chi connectivity index (χ4n) is 1.78. The monoisotopic (exact) mass is 283 g/mol. The second kappa shape index (κ2) is 4.82. The average molecular weight is 284 g/mol. The summed E-state index contributed by atoms with van der Waals surface area (Å²) in [4.78, 5) is 11.9. The molecule has 1 aliphatic rings. The third kappa shape index (κ3) is 2.52. The Morgan fingerprint density at radius 3 is 3.06 bits per heavy atom. The maximum Gasteiger partial charge on any atom is 0.273 e. The minimum absolute atomic E-state index is 0.121. The molecule has 0 bridgehead atoms. The van der Waals surface area contributed by atoms with E-state index < -0.39 is 0 Å². The SMILES string of the molecule is Cn1cc(Br)c(C(=O)NC2C=CCCC2)n1. The van der Waals surface area contributed by atoms with Crippen molar-refractivity contribution < 1.29 is 4.79 Å². The molecule has 1 unspecified atom stereocenters. The molecule has 0 saturated heterocycles. The van der Waals surface area contributed by atoms with E-state index in [-0.39, 0.29) is 11.9 Å². The quantitative estimate of drug-likeness (QED) is 0.845. The predicted octanol–water partition coefficient (Wildman–Crippen LogP) is 2.02. The van der Waals surface area contributed by atoms with Gasteiger partial charge in [-0.15, -0.1) is 0 Å². The van der Waals surface area contributed by atoms with Crippen LogP contribution >= 0.6 is 15.9 Å². The molecule has 0 spiro atoms. The Morgan fingerprint density at radius 1 is 1.69 bits per heavy atom. The van der Waals surface area contributed by atoms with Crippen LogP contribution in [0.25, 0.3) is 0 Å². The van der Waals surface area contributed by atoms with Gasteiger partial charge in [0.15, 0.2) is 5.69 Å². The van der Waals surface area contributed by atoms with Gasteiger partial charge >= 0.3 is 0 Å². The molecule has 1 heterocycles. The van der Waals surface area contributed by atoms with E-state index in [9.17, 15) is 4.79 Å². The van der Waals surface area contributed by atoms with Crippen LogP contribution in [0.3, 0.4) is 0 Å². The molecule has 0 saturated carbocycles. The Kier molecular flexibility index (Phi) is 3.43. The van der Waals surface area contributed by atoms with Crippen LogP contribution in [-0.4, -0.2) is 21.7 Å². The summed E-state index contributed by atoms with van der Waals surface area (Å²) in [5.74, 6) is -0.121. The van der Waals surface area contributed by atoms with Crippen molar-refractivity contribution >= 4 is 21.8 Å². The summed E-state index contributed by atoms with van der Waals surface area (Å²) in [6.07, 6.45) is 9.18. The number of nitrogens with one attached hydrogen (secondary N) is 1. The molecule has 0 fully saturated rings. The Balaban J connectivity index is 2.05. The maximum absolute atomic E-state index is 11.9. The Labute approximate surface area is 103 Å². The molecule has 0 aromatic carbocycles. The third-order valence-corrected chi connectivity index (χ3v) is 3.15. The fourth-order valence-corrected chi connectivity index (χ4v) is 2.34. The number of rotatable bonds is 2. The maximum atomic E-state index is 11.9. The standard InChI is InChI=1S/C11H14BrN3O/c1-15-7-9(12)10(14-15)11(16)13-8-5-3-2-4-6-8/h3,5,7-8H,2,4,6H2,1H3,(H,13,16). The van der Waals surface area contributed by atoms with Crippen LogP contribution in [-0.2, 0) is 7.05 Å². The van der Waals surface area contributed by atoms with E-state index in [1.165, 1.54) is 0 Å². The van der Waals surface area contributed by atoms with Gasteiger partial charge in [0.05, 0.1) is 4.47 Å². The number of allylic oxidation sites excluding steroid dienone is 1. The van der Waals surface area contributed by atoms with E-state index in [0.29, 0.717) is 5.69 Å². The Hall–Kier alpha value is -1.10. The molecule has 1 aromatic rings. The van der Waals surface area contributed by atoms with Crippen LogP contribution in [0.1, 0.15) is 29.8 Å². The lowest BCUT2D eigenvalue weighted by Crippen LogP contribution is -2.34. The molecule has 16 heavy (non-hydrogen) atoms. The molecule has 4 nitrogen and oxygen atoms in total. The molecule has 1 amide bonds. The van der Waals surface area contributed by atoms with Crippen LogP contribution in [0.15, 0.2) is 22.8 Å². The molecule has 1 N–H and O–H groups in total. The number of amides is 1. The molecule has 1 atom stereocenters. The smallest absolute Gasteiger partial charge is 0.273 e. The largest absolute Gasteiger partial charge is 0.344 e. The molecule has 0 aliphatic heterocycles.